The summed E-state index contributed by atoms with van der Waals surface area (Å²) < 4.78 is 47.0. The van der Waals surface area contributed by atoms with Gasteiger partial charge in [0.1, 0.15) is 30.1 Å². The van der Waals surface area contributed by atoms with E-state index in [1.54, 1.807) is 41.1 Å². The highest BCUT2D eigenvalue weighted by atomic mass is 16.6. The number of cyclic esters (lactones) is 1. The zero-order chi connectivity index (χ0) is 54.5. The SMILES string of the molecule is COCCOCCO[C@H]1C[C@@H]2CC[C@@H](C)[C@@](O)(O2)C(=O)C(=O)N2CCCC[C@H]2C(=O)O[C@H]([C@H](C)C[C@@H]2CC[C@@H](OCCO)[C@H](OC)C2)CC(=O)[C@H](C)/C=C(\C)[C@@H](O)[C@@H](OC)C(=O)[C@H](C)C[C@H](C)/C=C/C=C/C=C/1C. The molecule has 0 aromatic heterocycles. The van der Waals surface area contributed by atoms with E-state index in [4.69, 9.17) is 37.9 Å². The molecule has 3 fully saturated rings. The van der Waals surface area contributed by atoms with Crippen molar-refractivity contribution >= 4 is 29.2 Å². The predicted octanol–water partition coefficient (Wildman–Crippen LogP) is 6.23. The van der Waals surface area contributed by atoms with Crippen LogP contribution in [0.15, 0.2) is 47.6 Å². The van der Waals surface area contributed by atoms with Gasteiger partial charge in [0.05, 0.1) is 64.1 Å². The van der Waals surface area contributed by atoms with Crippen molar-refractivity contribution in [2.75, 3.05) is 67.5 Å². The van der Waals surface area contributed by atoms with Crippen LogP contribution in [0.2, 0.25) is 0 Å². The van der Waals surface area contributed by atoms with Crippen molar-refractivity contribution in [3.05, 3.63) is 47.6 Å². The van der Waals surface area contributed by atoms with Gasteiger partial charge in [0, 0.05) is 58.5 Å². The second-order valence-corrected chi connectivity index (χ2v) is 21.4. The number of allylic oxidation sites excluding steroid dienone is 6. The Kier molecular flexibility index (Phi) is 27.0. The van der Waals surface area contributed by atoms with Crippen LogP contribution >= 0.6 is 0 Å². The third-order valence-corrected chi connectivity index (χ3v) is 15.6. The Morgan fingerprint density at radius 1 is 0.811 bits per heavy atom. The van der Waals surface area contributed by atoms with Crippen LogP contribution in [0.5, 0.6) is 0 Å². The molecule has 0 aromatic rings. The minimum atomic E-state index is -2.48. The fourth-order valence-corrected chi connectivity index (χ4v) is 10.9. The molecule has 2 saturated heterocycles. The number of nitrogens with zero attached hydrogens (tertiary/aromatic N) is 1. The van der Waals surface area contributed by atoms with Gasteiger partial charge in [0.25, 0.3) is 11.7 Å². The van der Waals surface area contributed by atoms with E-state index in [0.29, 0.717) is 76.8 Å². The van der Waals surface area contributed by atoms with Crippen molar-refractivity contribution in [1.82, 2.24) is 4.90 Å². The molecule has 0 aromatic carbocycles. The van der Waals surface area contributed by atoms with E-state index in [9.17, 15) is 39.3 Å². The molecule has 3 N–H and O–H groups in total. The molecular weight excluding hydrogens is 955 g/mol. The average molecular weight is 1050 g/mol. The summed E-state index contributed by atoms with van der Waals surface area (Å²) in [5, 5.41) is 33.1. The molecule has 1 aliphatic carbocycles. The molecule has 0 unspecified atom stereocenters. The van der Waals surface area contributed by atoms with Crippen LogP contribution in [0.3, 0.4) is 0 Å². The second-order valence-electron chi connectivity index (χ2n) is 21.4. The minimum absolute atomic E-state index is 0.00969. The fraction of sp³-hybridized carbons (Fsp3) is 0.772. The molecule has 74 heavy (non-hydrogen) atoms. The number of ether oxygens (including phenoxy) is 8. The number of Topliss-reactive ketones (excluding diaryl/α,β-unsaturated/α-hetero) is 3. The Hall–Kier alpha value is -3.49. The van der Waals surface area contributed by atoms with Crippen molar-refractivity contribution in [3.8, 4) is 0 Å². The van der Waals surface area contributed by atoms with Crippen molar-refractivity contribution in [3.63, 3.8) is 0 Å². The summed E-state index contributed by atoms with van der Waals surface area (Å²) in [5.74, 6) is -8.19. The zero-order valence-corrected chi connectivity index (χ0v) is 46.1. The Morgan fingerprint density at radius 2 is 1.55 bits per heavy atom. The van der Waals surface area contributed by atoms with Crippen LogP contribution in [0, 0.1) is 35.5 Å². The Labute approximate surface area is 440 Å². The van der Waals surface area contributed by atoms with Gasteiger partial charge in [-0.2, -0.15) is 0 Å². The molecule has 420 valence electrons. The molecule has 0 radical (unpaired) electrons. The first-order chi connectivity index (χ1) is 35.3. The summed E-state index contributed by atoms with van der Waals surface area (Å²) in [6.07, 6.45) is 11.5. The lowest BCUT2D eigenvalue weighted by atomic mass is 9.78. The van der Waals surface area contributed by atoms with Gasteiger partial charge >= 0.3 is 5.97 Å². The van der Waals surface area contributed by atoms with Gasteiger partial charge < -0.3 is 58.1 Å². The number of amides is 1. The number of aliphatic hydroxyl groups excluding tert-OH is 2. The number of carbonyl (C=O) groups excluding carboxylic acids is 5. The standard InChI is InChI=1S/C57H91NO16/c1-36-16-12-11-13-17-37(2)48(72-29-28-70-27-26-67-8)34-44-21-19-42(7)57(66,74-44)54(63)55(64)58-23-15-14-18-45(58)56(65)73-49(39(4)32-43-20-22-47(71-25-24-59)50(33-43)68-9)35-46(60)38(3)31-41(6)52(62)53(69-10)51(61)40(5)30-36/h11-13,16-17,31,36,38-40,42-45,47-50,52-53,59,62,66H,14-15,18-30,32-35H2,1-10H3/b13-11+,16-12+,37-17+,41-31+/t36-,38-,39-,40-,42-,43+,44+,45+,47-,48+,49+,50-,52-,53+,57-/m1/s1. The molecule has 4 aliphatic rings. The van der Waals surface area contributed by atoms with Crippen LogP contribution in [0.1, 0.15) is 126 Å². The highest BCUT2D eigenvalue weighted by Gasteiger charge is 2.53. The first-order valence-corrected chi connectivity index (χ1v) is 27.2. The number of fused-ring (bicyclic) bond motifs is 3. The Morgan fingerprint density at radius 3 is 2.26 bits per heavy atom. The van der Waals surface area contributed by atoms with E-state index < -0.39 is 77.8 Å². The van der Waals surface area contributed by atoms with Crippen LogP contribution in [-0.2, 0) is 61.9 Å². The lowest BCUT2D eigenvalue weighted by molar-refractivity contribution is -0.266. The van der Waals surface area contributed by atoms with E-state index in [-0.39, 0.29) is 87.2 Å². The molecule has 1 amide bonds. The van der Waals surface area contributed by atoms with E-state index in [0.717, 1.165) is 12.0 Å². The first kappa shape index (κ1) is 63.0. The average Bonchev–Trinajstić information content (AvgIpc) is 3.38. The fourth-order valence-electron chi connectivity index (χ4n) is 10.9. The number of hydrogen-bond donors (Lipinski definition) is 3. The van der Waals surface area contributed by atoms with Crippen LogP contribution in [0.4, 0.5) is 0 Å². The van der Waals surface area contributed by atoms with E-state index in [1.165, 1.54) is 12.0 Å². The van der Waals surface area contributed by atoms with Gasteiger partial charge in [-0.3, -0.25) is 19.2 Å². The quantitative estimate of drug-likeness (QED) is 0.0716. The largest absolute Gasteiger partial charge is 0.460 e. The summed E-state index contributed by atoms with van der Waals surface area (Å²) in [7, 11) is 4.60. The normalized spacial score (nSPS) is 37.0. The number of esters is 1. The summed E-state index contributed by atoms with van der Waals surface area (Å²) in [6, 6.07) is -1.17. The maximum absolute atomic E-state index is 14.6. The predicted molar refractivity (Wildman–Crippen MR) is 278 cm³/mol. The van der Waals surface area contributed by atoms with Crippen LogP contribution < -0.4 is 0 Å². The number of aliphatic hydroxyl groups is 3. The lowest BCUT2D eigenvalue weighted by Crippen LogP contribution is -2.61. The number of methoxy groups -OCH3 is 3. The topological polar surface area (TPSA) is 223 Å². The molecule has 4 rings (SSSR count). The highest BCUT2D eigenvalue weighted by Crippen LogP contribution is 2.38. The molecular formula is C57H91NO16. The van der Waals surface area contributed by atoms with E-state index >= 15 is 0 Å². The van der Waals surface area contributed by atoms with Gasteiger partial charge in [-0.05, 0) is 107 Å². The third kappa shape index (κ3) is 18.3. The van der Waals surface area contributed by atoms with Crippen molar-refractivity contribution in [2.45, 2.75) is 180 Å². The van der Waals surface area contributed by atoms with Gasteiger partial charge in [-0.15, -0.1) is 0 Å². The maximum Gasteiger partial charge on any atom is 0.329 e. The van der Waals surface area contributed by atoms with Gasteiger partial charge in [-0.25, -0.2) is 4.79 Å². The summed E-state index contributed by atoms with van der Waals surface area (Å²) in [6.45, 7) is 14.2. The smallest absolute Gasteiger partial charge is 0.329 e. The zero-order valence-electron chi connectivity index (χ0n) is 46.1. The summed E-state index contributed by atoms with van der Waals surface area (Å²) >= 11 is 0. The molecule has 3 heterocycles. The molecule has 1 saturated carbocycles. The Bertz CT molecular complexity index is 1920. The number of hydrogen-bond acceptors (Lipinski definition) is 16. The molecule has 17 nitrogen and oxygen atoms in total. The molecule has 15 atom stereocenters. The maximum atomic E-state index is 14.6. The van der Waals surface area contributed by atoms with Gasteiger partial charge in [-0.1, -0.05) is 71.1 Å². The summed E-state index contributed by atoms with van der Waals surface area (Å²) in [5.41, 5.74) is 1.22. The van der Waals surface area contributed by atoms with Gasteiger partial charge in [0.2, 0.25) is 5.79 Å². The molecule has 0 spiro atoms. The summed E-state index contributed by atoms with van der Waals surface area (Å²) in [4.78, 5) is 72.8. The van der Waals surface area contributed by atoms with E-state index in [1.807, 2.05) is 58.1 Å². The van der Waals surface area contributed by atoms with Crippen molar-refractivity contribution < 1.29 is 77.2 Å². The third-order valence-electron chi connectivity index (χ3n) is 15.6. The number of rotatable bonds is 15. The van der Waals surface area contributed by atoms with E-state index in [2.05, 4.69) is 0 Å². The lowest BCUT2D eigenvalue weighted by Gasteiger charge is -2.43. The highest BCUT2D eigenvalue weighted by molar-refractivity contribution is 6.39. The number of ketones is 3. The number of piperidine rings is 1. The second kappa shape index (κ2) is 31.7. The molecule has 17 heteroatoms. The van der Waals surface area contributed by atoms with Crippen LogP contribution in [0.25, 0.3) is 0 Å². The number of carbonyl (C=O) groups is 5. The van der Waals surface area contributed by atoms with Crippen LogP contribution in [-0.4, -0.2) is 172 Å². The monoisotopic (exact) mass is 1050 g/mol. The molecule has 2 bridgehead atoms. The van der Waals surface area contributed by atoms with Crippen molar-refractivity contribution in [2.24, 2.45) is 35.5 Å². The van der Waals surface area contributed by atoms with Gasteiger partial charge in [0.15, 0.2) is 5.78 Å². The first-order valence-electron chi connectivity index (χ1n) is 27.2. The van der Waals surface area contributed by atoms with Crippen molar-refractivity contribution in [1.29, 1.82) is 0 Å². The minimum Gasteiger partial charge on any atom is -0.460 e. The Balaban J connectivity index is 1.71. The molecule has 3 aliphatic heterocycles.